The molecule has 118 valence electrons. The van der Waals surface area contributed by atoms with Crippen molar-refractivity contribution in [2.24, 2.45) is 5.14 Å². The second-order valence-electron chi connectivity index (χ2n) is 6.15. The van der Waals surface area contributed by atoms with E-state index in [0.29, 0.717) is 12.1 Å². The van der Waals surface area contributed by atoms with E-state index in [9.17, 15) is 8.42 Å². The van der Waals surface area contributed by atoms with Crippen LogP contribution >= 0.6 is 0 Å². The van der Waals surface area contributed by atoms with Crippen molar-refractivity contribution >= 4 is 15.7 Å². The second kappa shape index (κ2) is 5.94. The zero-order valence-corrected chi connectivity index (χ0v) is 14.0. The molecule has 0 aliphatic carbocycles. The van der Waals surface area contributed by atoms with Crippen LogP contribution in [-0.2, 0) is 10.0 Å². The van der Waals surface area contributed by atoms with Gasteiger partial charge in [-0.2, -0.15) is 0 Å². The highest BCUT2D eigenvalue weighted by Gasteiger charge is 2.23. The average Bonchev–Trinajstić information content (AvgIpc) is 2.38. The van der Waals surface area contributed by atoms with E-state index in [2.05, 4.69) is 24.2 Å². The van der Waals surface area contributed by atoms with Gasteiger partial charge in [0, 0.05) is 24.3 Å². The van der Waals surface area contributed by atoms with Crippen molar-refractivity contribution in [2.45, 2.75) is 50.6 Å². The van der Waals surface area contributed by atoms with Crippen molar-refractivity contribution in [1.82, 2.24) is 4.90 Å². The summed E-state index contributed by atoms with van der Waals surface area (Å²) < 4.78 is 23.2. The number of aryl methyl sites for hydroxylation is 1. The molecule has 21 heavy (non-hydrogen) atoms. The fraction of sp³-hybridized carbons (Fsp3) is 0.600. The van der Waals surface area contributed by atoms with Crippen molar-refractivity contribution in [3.8, 4) is 0 Å². The molecule has 3 N–H and O–H groups in total. The fourth-order valence-corrected chi connectivity index (χ4v) is 3.40. The molecule has 1 heterocycles. The number of hydrogen-bond acceptors (Lipinski definition) is 4. The lowest BCUT2D eigenvalue weighted by Crippen LogP contribution is -2.42. The van der Waals surface area contributed by atoms with E-state index in [1.165, 1.54) is 0 Å². The first-order valence-electron chi connectivity index (χ1n) is 7.29. The molecule has 0 saturated carbocycles. The predicted octanol–water partition coefficient (Wildman–Crippen LogP) is 1.85. The van der Waals surface area contributed by atoms with Gasteiger partial charge in [0.2, 0.25) is 10.0 Å². The maximum atomic E-state index is 11.6. The van der Waals surface area contributed by atoms with Crippen LogP contribution in [0.25, 0.3) is 0 Å². The molecule has 1 saturated heterocycles. The zero-order chi connectivity index (χ0) is 15.8. The smallest absolute Gasteiger partial charge is 0.238 e. The van der Waals surface area contributed by atoms with Crippen LogP contribution in [0, 0.1) is 13.8 Å². The Morgan fingerprint density at radius 3 is 2.57 bits per heavy atom. The maximum absolute atomic E-state index is 11.6. The van der Waals surface area contributed by atoms with Crippen molar-refractivity contribution in [3.05, 3.63) is 23.3 Å². The van der Waals surface area contributed by atoms with Crippen LogP contribution in [0.4, 0.5) is 5.69 Å². The Bertz CT molecular complexity index is 628. The SMILES string of the molecule is Cc1cc(S(N)(=O)=O)cc(NC2CCN(C)C(C)C2)c1C. The molecule has 5 nitrogen and oxygen atoms in total. The van der Waals surface area contributed by atoms with Crippen LogP contribution in [-0.4, -0.2) is 39.0 Å². The lowest BCUT2D eigenvalue weighted by Gasteiger charge is -2.36. The Balaban J connectivity index is 2.26. The number of likely N-dealkylation sites (tertiary alicyclic amines) is 1. The van der Waals surface area contributed by atoms with Gasteiger partial charge in [-0.3, -0.25) is 0 Å². The van der Waals surface area contributed by atoms with E-state index in [-0.39, 0.29) is 4.90 Å². The Kier molecular flexibility index (Phi) is 4.60. The van der Waals surface area contributed by atoms with E-state index in [0.717, 1.165) is 36.2 Å². The van der Waals surface area contributed by atoms with Crippen LogP contribution in [0.5, 0.6) is 0 Å². The highest BCUT2D eigenvalue weighted by molar-refractivity contribution is 7.89. The number of anilines is 1. The third kappa shape index (κ3) is 3.75. The summed E-state index contributed by atoms with van der Waals surface area (Å²) in [5.41, 5.74) is 2.89. The minimum atomic E-state index is -3.67. The highest BCUT2D eigenvalue weighted by atomic mass is 32.2. The van der Waals surface area contributed by atoms with Gasteiger partial charge in [0.15, 0.2) is 0 Å². The molecule has 2 rings (SSSR count). The van der Waals surface area contributed by atoms with Crippen molar-refractivity contribution in [1.29, 1.82) is 0 Å². The molecule has 2 unspecified atom stereocenters. The van der Waals surface area contributed by atoms with E-state index in [1.54, 1.807) is 12.1 Å². The summed E-state index contributed by atoms with van der Waals surface area (Å²) in [6, 6.07) is 4.18. The number of sulfonamides is 1. The second-order valence-corrected chi connectivity index (χ2v) is 7.71. The number of hydrogen-bond donors (Lipinski definition) is 2. The van der Waals surface area contributed by atoms with Gasteiger partial charge in [0.25, 0.3) is 0 Å². The van der Waals surface area contributed by atoms with Crippen LogP contribution in [0.15, 0.2) is 17.0 Å². The zero-order valence-electron chi connectivity index (χ0n) is 13.2. The summed E-state index contributed by atoms with van der Waals surface area (Å²) in [6.45, 7) is 7.17. The number of rotatable bonds is 3. The summed E-state index contributed by atoms with van der Waals surface area (Å²) in [5.74, 6) is 0. The van der Waals surface area contributed by atoms with Crippen LogP contribution in [0.1, 0.15) is 30.9 Å². The Hall–Kier alpha value is -1.11. The Labute approximate surface area is 127 Å². The molecule has 1 aromatic rings. The van der Waals surface area contributed by atoms with Gasteiger partial charge >= 0.3 is 0 Å². The van der Waals surface area contributed by atoms with Crippen molar-refractivity contribution in [2.75, 3.05) is 18.9 Å². The van der Waals surface area contributed by atoms with Gasteiger partial charge in [-0.05, 0) is 63.9 Å². The summed E-state index contributed by atoms with van der Waals surface area (Å²) >= 11 is 0. The van der Waals surface area contributed by atoms with E-state index >= 15 is 0 Å². The monoisotopic (exact) mass is 311 g/mol. The predicted molar refractivity (Wildman–Crippen MR) is 86.0 cm³/mol. The molecule has 1 aliphatic heterocycles. The van der Waals surface area contributed by atoms with Crippen LogP contribution < -0.4 is 10.5 Å². The van der Waals surface area contributed by atoms with Gasteiger partial charge in [0.05, 0.1) is 4.90 Å². The lowest BCUT2D eigenvalue weighted by atomic mass is 9.98. The van der Waals surface area contributed by atoms with Gasteiger partial charge in [0.1, 0.15) is 0 Å². The number of nitrogens with one attached hydrogen (secondary N) is 1. The normalized spacial score (nSPS) is 24.0. The van der Waals surface area contributed by atoms with Crippen LogP contribution in [0.3, 0.4) is 0 Å². The lowest BCUT2D eigenvalue weighted by molar-refractivity contribution is 0.190. The fourth-order valence-electron chi connectivity index (χ4n) is 2.78. The third-order valence-electron chi connectivity index (χ3n) is 4.54. The quantitative estimate of drug-likeness (QED) is 0.893. The van der Waals surface area contributed by atoms with Gasteiger partial charge in [-0.25, -0.2) is 13.6 Å². The molecular weight excluding hydrogens is 286 g/mol. The Morgan fingerprint density at radius 2 is 2.00 bits per heavy atom. The van der Waals surface area contributed by atoms with Gasteiger partial charge in [-0.15, -0.1) is 0 Å². The first-order valence-corrected chi connectivity index (χ1v) is 8.84. The van der Waals surface area contributed by atoms with Crippen molar-refractivity contribution < 1.29 is 8.42 Å². The van der Waals surface area contributed by atoms with E-state index in [4.69, 9.17) is 5.14 Å². The van der Waals surface area contributed by atoms with E-state index < -0.39 is 10.0 Å². The standard InChI is InChI=1S/C15H25N3O2S/c1-10-7-14(21(16,19)20)9-15(12(10)3)17-13-5-6-18(4)11(2)8-13/h7,9,11,13,17H,5-6,8H2,1-4H3,(H2,16,19,20). The molecule has 1 fully saturated rings. The number of primary sulfonamides is 1. The topological polar surface area (TPSA) is 75.4 Å². The van der Waals surface area contributed by atoms with Gasteiger partial charge in [-0.1, -0.05) is 0 Å². The number of nitrogens with zero attached hydrogens (tertiary/aromatic N) is 1. The maximum Gasteiger partial charge on any atom is 0.238 e. The molecule has 0 bridgehead atoms. The number of benzene rings is 1. The first kappa shape index (κ1) is 16.3. The number of piperidine rings is 1. The number of nitrogens with two attached hydrogens (primary N) is 1. The Morgan fingerprint density at radius 1 is 1.33 bits per heavy atom. The molecule has 0 radical (unpaired) electrons. The summed E-state index contributed by atoms with van der Waals surface area (Å²) in [4.78, 5) is 2.52. The van der Waals surface area contributed by atoms with Crippen molar-refractivity contribution in [3.63, 3.8) is 0 Å². The molecule has 6 heteroatoms. The van der Waals surface area contributed by atoms with Crippen LogP contribution in [0.2, 0.25) is 0 Å². The molecule has 1 aliphatic rings. The molecule has 1 aromatic carbocycles. The summed E-state index contributed by atoms with van der Waals surface area (Å²) in [5, 5.41) is 8.76. The summed E-state index contributed by atoms with van der Waals surface area (Å²) in [6.07, 6.45) is 2.10. The largest absolute Gasteiger partial charge is 0.382 e. The third-order valence-corrected chi connectivity index (χ3v) is 5.43. The average molecular weight is 311 g/mol. The van der Waals surface area contributed by atoms with E-state index in [1.807, 2.05) is 13.8 Å². The highest BCUT2D eigenvalue weighted by Crippen LogP contribution is 2.26. The van der Waals surface area contributed by atoms with Gasteiger partial charge < -0.3 is 10.2 Å². The molecule has 0 amide bonds. The summed E-state index contributed by atoms with van der Waals surface area (Å²) in [7, 11) is -1.54. The first-order chi connectivity index (χ1) is 9.68. The minimum Gasteiger partial charge on any atom is -0.382 e. The molecule has 0 spiro atoms. The molecular formula is C15H25N3O2S. The molecule has 2 atom stereocenters. The minimum absolute atomic E-state index is 0.175. The molecule has 0 aromatic heterocycles.